The maximum Gasteiger partial charge on any atom is 0.252 e. The quantitative estimate of drug-likeness (QED) is 0.0794. The summed E-state index contributed by atoms with van der Waals surface area (Å²) in [6, 6.07) is 149. The number of nitrogens with zero attached hydrogens (tertiary/aromatic N) is 4. The van der Waals surface area contributed by atoms with Crippen LogP contribution in [0.25, 0.3) is 89.0 Å². The summed E-state index contributed by atoms with van der Waals surface area (Å²) in [7, 11) is 0. The molecule has 17 aromatic carbocycles. The molecule has 2 aliphatic heterocycles. The van der Waals surface area contributed by atoms with Crippen LogP contribution in [0.15, 0.2) is 388 Å². The van der Waals surface area contributed by atoms with E-state index in [-0.39, 0.29) is 44.6 Å². The predicted octanol–water partition coefficient (Wildman–Crippen LogP) is 35.0. The first-order chi connectivity index (χ1) is 65.3. The van der Waals surface area contributed by atoms with Crippen molar-refractivity contribution in [1.82, 2.24) is 0 Å². The fourth-order valence-corrected chi connectivity index (χ4v) is 20.4. The average molecular weight is 1780 g/mol. The smallest absolute Gasteiger partial charge is 0.252 e. The van der Waals surface area contributed by atoms with Crippen LogP contribution in [-0.2, 0) is 44.3 Å². The van der Waals surface area contributed by atoms with Crippen molar-refractivity contribution in [2.45, 2.75) is 190 Å². The highest BCUT2D eigenvalue weighted by Gasteiger charge is 2.46. The molecule has 17 aromatic rings. The molecule has 0 amide bonds. The molecule has 0 N–H and O–H groups in total. The fraction of sp³-hybridized carbons (Fsp3) is 0.227. The Bertz CT molecular complexity index is 7150. The second-order valence-corrected chi connectivity index (χ2v) is 45.4. The van der Waals surface area contributed by atoms with Gasteiger partial charge in [-0.05, 0) is 292 Å². The lowest BCUT2D eigenvalue weighted by atomic mass is 9.33. The molecule has 0 saturated carbocycles. The van der Waals surface area contributed by atoms with Crippen LogP contribution in [0.3, 0.4) is 0 Å². The summed E-state index contributed by atoms with van der Waals surface area (Å²) in [5.74, 6) is 0. The average Bonchev–Trinajstić information content (AvgIpc) is 0.687. The Hall–Kier alpha value is -14.0. The number of rotatable bonds is 18. The first kappa shape index (κ1) is 92.1. The van der Waals surface area contributed by atoms with E-state index in [9.17, 15) is 0 Å². The second kappa shape index (κ2) is 35.9. The summed E-state index contributed by atoms with van der Waals surface area (Å²) >= 11 is 0. The van der Waals surface area contributed by atoms with Gasteiger partial charge >= 0.3 is 0 Å². The van der Waals surface area contributed by atoms with Gasteiger partial charge in [-0.3, -0.25) is 0 Å². The third-order valence-corrected chi connectivity index (χ3v) is 28.6. The molecule has 2 heterocycles. The van der Waals surface area contributed by atoms with E-state index in [4.69, 9.17) is 0 Å². The van der Waals surface area contributed by atoms with Crippen LogP contribution < -0.4 is 36.0 Å². The molecular formula is C132H131BN4. The van der Waals surface area contributed by atoms with Crippen LogP contribution in [0.1, 0.15) is 190 Å². The Morgan fingerprint density at radius 3 is 0.847 bits per heavy atom. The lowest BCUT2D eigenvalue weighted by molar-refractivity contribution is 0.590. The normalized spacial score (nSPS) is 12.9. The predicted molar refractivity (Wildman–Crippen MR) is 593 cm³/mol. The molecule has 0 bridgehead atoms. The molecule has 19 rings (SSSR count). The summed E-state index contributed by atoms with van der Waals surface area (Å²) in [6.45, 7) is 49.7. The minimum atomic E-state index is -0.373. The van der Waals surface area contributed by atoms with E-state index in [0.717, 1.165) is 84.6 Å². The molecule has 137 heavy (non-hydrogen) atoms. The zero-order chi connectivity index (χ0) is 96.0. The molecule has 5 heteroatoms. The third kappa shape index (κ3) is 18.6. The third-order valence-electron chi connectivity index (χ3n) is 28.6. The van der Waals surface area contributed by atoms with Gasteiger partial charge in [-0.15, -0.1) is 0 Å². The van der Waals surface area contributed by atoms with Crippen molar-refractivity contribution in [1.29, 1.82) is 0 Å². The lowest BCUT2D eigenvalue weighted by Gasteiger charge is -2.46. The first-order valence-electron chi connectivity index (χ1n) is 49.4. The van der Waals surface area contributed by atoms with Crippen LogP contribution in [-0.4, -0.2) is 13.3 Å². The van der Waals surface area contributed by atoms with Crippen molar-refractivity contribution in [3.8, 4) is 89.0 Å². The zero-order valence-electron chi connectivity index (χ0n) is 84.2. The van der Waals surface area contributed by atoms with Crippen molar-refractivity contribution >= 4 is 85.7 Å². The Morgan fingerprint density at radius 1 is 0.204 bits per heavy atom. The van der Waals surface area contributed by atoms with Crippen molar-refractivity contribution in [2.24, 2.45) is 0 Å². The largest absolute Gasteiger partial charge is 0.342 e. The van der Waals surface area contributed by atoms with E-state index in [1.807, 2.05) is 0 Å². The minimum Gasteiger partial charge on any atom is -0.342 e. The van der Waals surface area contributed by atoms with Crippen molar-refractivity contribution in [3.05, 3.63) is 433 Å². The topological polar surface area (TPSA) is 13.0 Å². The molecular weight excluding hydrogens is 1650 g/mol. The maximum atomic E-state index is 2.80. The number of fused-ring (bicyclic) bond motifs is 4. The van der Waals surface area contributed by atoms with E-state index in [0.29, 0.717) is 13.0 Å². The van der Waals surface area contributed by atoms with Crippen molar-refractivity contribution in [2.75, 3.05) is 26.1 Å². The van der Waals surface area contributed by atoms with Crippen LogP contribution in [0.5, 0.6) is 0 Å². The molecule has 0 saturated heterocycles. The molecule has 0 aliphatic carbocycles. The van der Waals surface area contributed by atoms with Gasteiger partial charge in [0.15, 0.2) is 0 Å². The summed E-state index contributed by atoms with van der Waals surface area (Å²) in [4.78, 5) is 10.6. The Balaban J connectivity index is 0.914. The molecule has 0 unspecified atom stereocenters. The second-order valence-electron chi connectivity index (χ2n) is 45.4. The molecule has 2 aliphatic rings. The van der Waals surface area contributed by atoms with E-state index < -0.39 is 0 Å². The van der Waals surface area contributed by atoms with Crippen LogP contribution in [0.2, 0.25) is 0 Å². The van der Waals surface area contributed by atoms with Crippen molar-refractivity contribution < 1.29 is 0 Å². The SMILES string of the molecule is CC(C)(C)c1ccc(N(c2ccc(C(C)(C)C)cc2)c2ccc3c(c2)N(CCc2c(-c4ccccc4)cc(C(C)(C)C)cc2-c2cccc(-c4ccc(-c5ccccc5)cc4)c2)c2cc(C(C)(C)C)cc4c2B3c2ccc(N(c3ccc(C(C)(C)C)cc3)c3ccc(C(C)(C)C)cc3)cc2N4c2c(-c3ccccc3)cc(C(C)(C)C)cc2-c2cccc(-c3ccc(-c4ccccc4)cc3)c2)cc1. The number of hydrogen-bond donors (Lipinski definition) is 0. The molecule has 0 spiro atoms. The minimum absolute atomic E-state index is 0.0596. The maximum absolute atomic E-state index is 2.80. The van der Waals surface area contributed by atoms with E-state index in [1.165, 1.54) is 128 Å². The summed E-state index contributed by atoms with van der Waals surface area (Å²) < 4.78 is 0. The summed E-state index contributed by atoms with van der Waals surface area (Å²) in [5, 5.41) is 0. The van der Waals surface area contributed by atoms with E-state index in [1.54, 1.807) is 0 Å². The molecule has 4 nitrogen and oxygen atoms in total. The summed E-state index contributed by atoms with van der Waals surface area (Å²) in [6.07, 6.45) is 0.684. The van der Waals surface area contributed by atoms with Crippen molar-refractivity contribution in [3.63, 3.8) is 0 Å². The zero-order valence-corrected chi connectivity index (χ0v) is 84.2. The van der Waals surface area contributed by atoms with E-state index in [2.05, 4.69) is 553 Å². The Kier molecular flexibility index (Phi) is 24.1. The molecule has 0 aromatic heterocycles. The van der Waals surface area contributed by atoms with Gasteiger partial charge in [0.05, 0.1) is 5.69 Å². The highest BCUT2D eigenvalue weighted by Crippen LogP contribution is 2.55. The van der Waals surface area contributed by atoms with Crippen LogP contribution >= 0.6 is 0 Å². The molecule has 0 fully saturated rings. The number of hydrogen-bond acceptors (Lipinski definition) is 4. The lowest BCUT2D eigenvalue weighted by Crippen LogP contribution is -2.62. The van der Waals surface area contributed by atoms with Gasteiger partial charge in [0, 0.05) is 74.5 Å². The van der Waals surface area contributed by atoms with Gasteiger partial charge in [0.1, 0.15) is 0 Å². The first-order valence-corrected chi connectivity index (χ1v) is 49.4. The molecule has 682 valence electrons. The fourth-order valence-electron chi connectivity index (χ4n) is 20.4. The highest BCUT2D eigenvalue weighted by molar-refractivity contribution is 7.00. The Morgan fingerprint density at radius 2 is 0.474 bits per heavy atom. The monoisotopic (exact) mass is 1780 g/mol. The Labute approximate surface area is 817 Å². The van der Waals surface area contributed by atoms with E-state index >= 15 is 0 Å². The van der Waals surface area contributed by atoms with Crippen LogP contribution in [0, 0.1) is 0 Å². The van der Waals surface area contributed by atoms with Gasteiger partial charge in [0.25, 0.3) is 6.71 Å². The van der Waals surface area contributed by atoms with Gasteiger partial charge < -0.3 is 19.6 Å². The van der Waals surface area contributed by atoms with Gasteiger partial charge in [0.2, 0.25) is 0 Å². The van der Waals surface area contributed by atoms with Crippen LogP contribution in [0.4, 0.5) is 62.6 Å². The van der Waals surface area contributed by atoms with Gasteiger partial charge in [-0.25, -0.2) is 0 Å². The number of anilines is 11. The standard InChI is InChI=1S/C132H131BN4/c1-126(2,3)100-56-64-107(65-57-100)135(108-66-58-101(59-67-108)127(4,5)6)111-72-74-118-120(86-111)134(77-76-113-114(94-40-30-24-31-41-94)80-104(130(13,14)15)81-115(113)98-46-34-44-96(78-98)92-52-48-90(49-53-92)88-36-26-22-27-37-88)122-84-106(132(19,20)21)85-123-124(122)133(118)119-75-73-112(136(109-68-60-102(61-69-109)128(7,8)9)110-70-62-103(63-71-110)129(10,11)12)87-121(119)137(123)125-116(95-42-32-25-33-43-95)82-105(131(16,17)18)83-117(125)99-47-35-45-97(79-99)93-54-50-91(51-55-93)89-38-28-23-29-39-89/h22-75,78-87H,76-77H2,1-21H3. The van der Waals surface area contributed by atoms with Gasteiger partial charge in [-0.2, -0.15) is 0 Å². The van der Waals surface area contributed by atoms with Gasteiger partial charge in [-0.1, -0.05) is 424 Å². The summed E-state index contributed by atoms with van der Waals surface area (Å²) in [5.41, 5.74) is 44.0. The molecule has 0 radical (unpaired) electrons. The highest BCUT2D eigenvalue weighted by atomic mass is 15.2. The molecule has 0 atom stereocenters. The number of benzene rings is 17.